The third-order valence-electron chi connectivity index (χ3n) is 3.00. The van der Waals surface area contributed by atoms with Gasteiger partial charge in [-0.25, -0.2) is 0 Å². The lowest BCUT2D eigenvalue weighted by Gasteiger charge is -2.28. The summed E-state index contributed by atoms with van der Waals surface area (Å²) in [6.45, 7) is 0.570. The van der Waals surface area contributed by atoms with Gasteiger partial charge in [-0.15, -0.1) is 0 Å². The van der Waals surface area contributed by atoms with E-state index in [1.165, 1.54) is 5.01 Å². The molecular formula is C14H13Cl2N5S. The lowest BCUT2D eigenvalue weighted by atomic mass is 10.1. The first-order valence-electron chi connectivity index (χ1n) is 6.35. The molecule has 5 nitrogen and oxygen atoms in total. The molecule has 0 spiro atoms. The summed E-state index contributed by atoms with van der Waals surface area (Å²) in [6.07, 6.45) is 5.70. The molecule has 0 atom stereocenters. The van der Waals surface area contributed by atoms with Gasteiger partial charge >= 0.3 is 0 Å². The highest BCUT2D eigenvalue weighted by Crippen LogP contribution is 2.25. The average molecular weight is 354 g/mol. The van der Waals surface area contributed by atoms with E-state index in [-0.39, 0.29) is 5.11 Å². The Morgan fingerprint density at radius 3 is 2.59 bits per heavy atom. The summed E-state index contributed by atoms with van der Waals surface area (Å²) in [5, 5.41) is 12.1. The zero-order valence-corrected chi connectivity index (χ0v) is 13.8. The number of nitrogens with zero attached hydrogens (tertiary/aromatic N) is 3. The number of hydrazine groups is 1. The fraction of sp³-hybridized carbons (Fsp3) is 0.143. The molecule has 0 bridgehead atoms. The van der Waals surface area contributed by atoms with Crippen molar-refractivity contribution >= 4 is 40.5 Å². The van der Waals surface area contributed by atoms with Crippen LogP contribution in [0.2, 0.25) is 10.0 Å². The van der Waals surface area contributed by atoms with E-state index in [1.807, 2.05) is 0 Å². The van der Waals surface area contributed by atoms with Crippen LogP contribution in [0.5, 0.6) is 0 Å². The van der Waals surface area contributed by atoms with Crippen molar-refractivity contribution in [2.45, 2.75) is 6.42 Å². The molecule has 1 aromatic carbocycles. The van der Waals surface area contributed by atoms with Gasteiger partial charge in [-0.05, 0) is 36.3 Å². The SMILES string of the molecule is N#CC1=CN(NC(N)=S)C=CN1CCc1c(Cl)cccc1Cl. The molecule has 1 heterocycles. The molecule has 22 heavy (non-hydrogen) atoms. The Morgan fingerprint density at radius 1 is 1.32 bits per heavy atom. The lowest BCUT2D eigenvalue weighted by Crippen LogP contribution is -2.41. The molecule has 0 aliphatic carbocycles. The number of hydrogen-bond acceptors (Lipinski definition) is 4. The standard InChI is InChI=1S/C14H13Cl2N5S/c15-12-2-1-3-13(16)11(12)4-5-20-6-7-21(19-14(18)22)9-10(20)8-17/h1-3,6-7,9H,4-5H2,(H3,18,19,22). The number of nitriles is 1. The maximum Gasteiger partial charge on any atom is 0.183 e. The number of hydrogen-bond donors (Lipinski definition) is 2. The first-order chi connectivity index (χ1) is 10.5. The number of nitrogens with two attached hydrogens (primary N) is 1. The third-order valence-corrected chi connectivity index (χ3v) is 3.80. The van der Waals surface area contributed by atoms with E-state index in [9.17, 15) is 5.26 Å². The van der Waals surface area contributed by atoms with Crippen molar-refractivity contribution in [2.24, 2.45) is 5.73 Å². The fourth-order valence-corrected chi connectivity index (χ4v) is 2.66. The number of benzene rings is 1. The van der Waals surface area contributed by atoms with Crippen LogP contribution >= 0.6 is 35.4 Å². The Morgan fingerprint density at radius 2 is 2.00 bits per heavy atom. The molecule has 0 saturated heterocycles. The van der Waals surface area contributed by atoms with Gasteiger partial charge < -0.3 is 10.6 Å². The normalized spacial score (nSPS) is 13.6. The molecule has 0 aromatic heterocycles. The van der Waals surface area contributed by atoms with Crippen LogP contribution in [0.25, 0.3) is 0 Å². The van der Waals surface area contributed by atoms with Gasteiger partial charge in [-0.2, -0.15) is 5.26 Å². The van der Waals surface area contributed by atoms with E-state index < -0.39 is 0 Å². The largest absolute Gasteiger partial charge is 0.375 e. The summed E-state index contributed by atoms with van der Waals surface area (Å²) in [4.78, 5) is 1.80. The van der Waals surface area contributed by atoms with Crippen LogP contribution in [0.15, 0.2) is 42.5 Å². The van der Waals surface area contributed by atoms with Gasteiger partial charge in [0.1, 0.15) is 11.8 Å². The van der Waals surface area contributed by atoms with E-state index in [4.69, 9.17) is 41.2 Å². The first-order valence-corrected chi connectivity index (χ1v) is 7.52. The number of allylic oxidation sites excluding steroid dienone is 1. The Kier molecular flexibility index (Phi) is 5.50. The molecule has 3 N–H and O–H groups in total. The van der Waals surface area contributed by atoms with E-state index in [1.54, 1.807) is 41.7 Å². The highest BCUT2D eigenvalue weighted by Gasteiger charge is 2.15. The minimum Gasteiger partial charge on any atom is -0.375 e. The lowest BCUT2D eigenvalue weighted by molar-refractivity contribution is 0.382. The quantitative estimate of drug-likeness (QED) is 0.811. The minimum absolute atomic E-state index is 0.120. The molecule has 1 aliphatic rings. The van der Waals surface area contributed by atoms with Crippen LogP contribution in [0.3, 0.4) is 0 Å². The highest BCUT2D eigenvalue weighted by atomic mass is 35.5. The van der Waals surface area contributed by atoms with Crippen molar-refractivity contribution in [3.8, 4) is 6.07 Å². The maximum atomic E-state index is 9.26. The van der Waals surface area contributed by atoms with Crippen molar-refractivity contribution in [2.75, 3.05) is 6.54 Å². The minimum atomic E-state index is 0.120. The zero-order chi connectivity index (χ0) is 16.1. The summed E-state index contributed by atoms with van der Waals surface area (Å²) in [7, 11) is 0. The molecule has 0 unspecified atom stereocenters. The Hall–Kier alpha value is -1.94. The molecule has 114 valence electrons. The van der Waals surface area contributed by atoms with Gasteiger partial charge in [0.2, 0.25) is 0 Å². The summed E-state index contributed by atoms with van der Waals surface area (Å²) < 4.78 is 0. The molecule has 8 heteroatoms. The second-order valence-electron chi connectivity index (χ2n) is 4.45. The van der Waals surface area contributed by atoms with Crippen molar-refractivity contribution in [1.29, 1.82) is 5.26 Å². The number of nitrogens with one attached hydrogen (secondary N) is 1. The molecule has 0 radical (unpaired) electrons. The molecular weight excluding hydrogens is 341 g/mol. The van der Waals surface area contributed by atoms with Gasteiger partial charge in [0, 0.05) is 29.0 Å². The molecule has 1 aromatic rings. The number of halogens is 2. The molecule has 0 fully saturated rings. The second kappa shape index (κ2) is 7.36. The van der Waals surface area contributed by atoms with Gasteiger partial charge in [0.05, 0.1) is 6.20 Å². The highest BCUT2D eigenvalue weighted by molar-refractivity contribution is 7.80. The topological polar surface area (TPSA) is 68.3 Å². The molecule has 2 rings (SSSR count). The van der Waals surface area contributed by atoms with E-state index >= 15 is 0 Å². The Bertz CT molecular complexity index is 660. The smallest absolute Gasteiger partial charge is 0.183 e. The third kappa shape index (κ3) is 4.04. The summed E-state index contributed by atoms with van der Waals surface area (Å²) in [5.41, 5.74) is 9.43. The fourth-order valence-electron chi connectivity index (χ4n) is 1.97. The van der Waals surface area contributed by atoms with E-state index in [2.05, 4.69) is 11.5 Å². The number of rotatable bonds is 4. The van der Waals surface area contributed by atoms with Crippen molar-refractivity contribution in [1.82, 2.24) is 15.3 Å². The van der Waals surface area contributed by atoms with Crippen molar-refractivity contribution < 1.29 is 0 Å². The van der Waals surface area contributed by atoms with Gasteiger partial charge in [-0.1, -0.05) is 29.3 Å². The van der Waals surface area contributed by atoms with Gasteiger partial charge in [-0.3, -0.25) is 10.4 Å². The monoisotopic (exact) mass is 353 g/mol. The molecule has 0 saturated carbocycles. The average Bonchev–Trinajstić information content (AvgIpc) is 2.47. The molecule has 1 aliphatic heterocycles. The summed E-state index contributed by atoms with van der Waals surface area (Å²) >= 11 is 17.1. The zero-order valence-electron chi connectivity index (χ0n) is 11.5. The predicted molar refractivity (Wildman–Crippen MR) is 91.5 cm³/mol. The van der Waals surface area contributed by atoms with Gasteiger partial charge in [0.15, 0.2) is 5.11 Å². The predicted octanol–water partition coefficient (Wildman–Crippen LogP) is 2.74. The summed E-state index contributed by atoms with van der Waals surface area (Å²) in [5.74, 6) is 0. The Labute approximate surface area is 144 Å². The van der Waals surface area contributed by atoms with Crippen LogP contribution in [-0.2, 0) is 6.42 Å². The first kappa shape index (κ1) is 16.4. The van der Waals surface area contributed by atoms with Crippen LogP contribution in [0.4, 0.5) is 0 Å². The maximum absolute atomic E-state index is 9.26. The summed E-state index contributed by atoms with van der Waals surface area (Å²) in [6, 6.07) is 7.52. The van der Waals surface area contributed by atoms with Crippen LogP contribution in [-0.4, -0.2) is 21.6 Å². The van der Waals surface area contributed by atoms with Crippen LogP contribution < -0.4 is 11.2 Å². The molecule has 0 amide bonds. The van der Waals surface area contributed by atoms with Crippen molar-refractivity contribution in [3.63, 3.8) is 0 Å². The van der Waals surface area contributed by atoms with Crippen LogP contribution in [0, 0.1) is 11.3 Å². The van der Waals surface area contributed by atoms with Crippen LogP contribution in [0.1, 0.15) is 5.56 Å². The van der Waals surface area contributed by atoms with Gasteiger partial charge in [0.25, 0.3) is 0 Å². The number of thiocarbonyl (C=S) groups is 1. The van der Waals surface area contributed by atoms with Crippen molar-refractivity contribution in [3.05, 3.63) is 58.1 Å². The van der Waals surface area contributed by atoms with E-state index in [0.717, 1.165) is 5.56 Å². The Balaban J connectivity index is 2.06. The van der Waals surface area contributed by atoms with E-state index in [0.29, 0.717) is 28.7 Å². The second-order valence-corrected chi connectivity index (χ2v) is 5.71.